The maximum absolute atomic E-state index is 16.1. The zero-order valence-electron chi connectivity index (χ0n) is 46.1. The molecule has 0 radical (unpaired) electrons. The molecule has 6 bridgehead atoms. The van der Waals surface area contributed by atoms with Crippen LogP contribution < -0.4 is 10.1 Å². The fourth-order valence-electron chi connectivity index (χ4n) is 24.9. The highest BCUT2D eigenvalue weighted by molar-refractivity contribution is 8.76. The van der Waals surface area contributed by atoms with Gasteiger partial charge >= 0.3 is 5.97 Å². The molecular weight excluding hydrogens is 1060 g/mol. The largest absolute Gasteiger partial charge is 0.508 e. The Kier molecular flexibility index (Phi) is 10.5. The second-order valence-electron chi connectivity index (χ2n) is 28.6. The molecule has 3 saturated heterocycles. The van der Waals surface area contributed by atoms with E-state index in [-0.39, 0.29) is 63.9 Å². The number of carbonyl (C=O) groups is 1. The van der Waals surface area contributed by atoms with Crippen molar-refractivity contribution in [2.24, 2.45) is 74.9 Å². The number of ether oxygens (including phenoxy) is 3. The fourth-order valence-corrected chi connectivity index (χ4v) is 27.7. The first-order chi connectivity index (χ1) is 39.3. The van der Waals surface area contributed by atoms with E-state index in [2.05, 4.69) is 58.9 Å². The highest BCUT2D eigenvalue weighted by Crippen LogP contribution is 2.86. The summed E-state index contributed by atoms with van der Waals surface area (Å²) in [6.45, 7) is -0.460. The number of allylic oxidation sites excluding steroid dienone is 2. The third-order valence-corrected chi connectivity index (χ3v) is 29.7. The molecule has 1 unspecified atom stereocenters. The molecule has 14 aliphatic rings. The van der Waals surface area contributed by atoms with Crippen LogP contribution in [0.5, 0.6) is 11.5 Å². The van der Waals surface area contributed by atoms with E-state index in [9.17, 15) is 30.6 Å². The van der Waals surface area contributed by atoms with Crippen LogP contribution in [0.3, 0.4) is 0 Å². The Morgan fingerprint density at radius 1 is 0.815 bits per heavy atom. The molecule has 1 aromatic heterocycles. The van der Waals surface area contributed by atoms with Gasteiger partial charge in [-0.15, -0.1) is 0 Å². The number of aromatic hydroxyl groups is 1. The Morgan fingerprint density at radius 3 is 2.35 bits per heavy atom. The maximum atomic E-state index is 16.1. The van der Waals surface area contributed by atoms with Gasteiger partial charge in [-0.3, -0.25) is 0 Å². The van der Waals surface area contributed by atoms with Crippen LogP contribution in [0.2, 0.25) is 0 Å². The minimum Gasteiger partial charge on any atom is -0.508 e. The van der Waals surface area contributed by atoms with E-state index in [1.165, 1.54) is 11.1 Å². The van der Waals surface area contributed by atoms with E-state index >= 15 is 4.79 Å². The number of benzene rings is 4. The number of carbonyl (C=O) groups excluding carboxylic acids is 1. The average molecular weight is 1130 g/mol. The molecule has 4 aliphatic heterocycles. The number of nitrogens with one attached hydrogen (secondary N) is 2. The minimum atomic E-state index is -2.65. The Morgan fingerprint density at radius 2 is 1.58 bits per heavy atom. The summed E-state index contributed by atoms with van der Waals surface area (Å²) < 4.78 is 22.0. The Hall–Kier alpha value is -3.67. The molecule has 8 N–H and O–H groups in total. The first kappa shape index (κ1) is 50.6. The molecule has 5 aromatic rings. The summed E-state index contributed by atoms with van der Waals surface area (Å²) in [7, 11) is 5.85. The van der Waals surface area contributed by atoms with Gasteiger partial charge in [-0.05, 0) is 212 Å². The van der Waals surface area contributed by atoms with Crippen LogP contribution in [0.4, 0.5) is 0 Å². The van der Waals surface area contributed by atoms with Crippen LogP contribution in [0.25, 0.3) is 32.4 Å². The number of esters is 1. The summed E-state index contributed by atoms with van der Waals surface area (Å²) in [6, 6.07) is 22.4. The predicted molar refractivity (Wildman–Crippen MR) is 310 cm³/mol. The zero-order chi connectivity index (χ0) is 54.5. The van der Waals surface area contributed by atoms with Crippen LogP contribution in [-0.4, -0.2) is 108 Å². The zero-order valence-corrected chi connectivity index (χ0v) is 47.7. The van der Waals surface area contributed by atoms with Gasteiger partial charge in [-0.2, -0.15) is 0 Å². The van der Waals surface area contributed by atoms with E-state index in [0.717, 1.165) is 110 Å². The molecule has 23 atom stereocenters. The topological polar surface area (TPSA) is 194 Å². The highest BCUT2D eigenvalue weighted by Gasteiger charge is 2.90. The van der Waals surface area contributed by atoms with Crippen molar-refractivity contribution in [3.05, 3.63) is 95.7 Å². The number of fused-ring (bicyclic) bond motifs is 10. The average Bonchev–Trinajstić information content (AvgIpc) is 2.57. The van der Waals surface area contributed by atoms with Crippen molar-refractivity contribution in [2.45, 2.75) is 162 Å². The Balaban J connectivity index is 0.874. The predicted octanol–water partition coefficient (Wildman–Crippen LogP) is 9.93. The minimum absolute atomic E-state index is 0.0867. The van der Waals surface area contributed by atoms with Crippen molar-refractivity contribution in [2.75, 3.05) is 18.6 Å². The lowest BCUT2D eigenvalue weighted by molar-refractivity contribution is -0.410. The van der Waals surface area contributed by atoms with Gasteiger partial charge in [0, 0.05) is 45.6 Å². The summed E-state index contributed by atoms with van der Waals surface area (Å²) in [5.41, 5.74) is -1.97. The quantitative estimate of drug-likeness (QED) is 0.0367. The second kappa shape index (κ2) is 16.9. The van der Waals surface area contributed by atoms with Gasteiger partial charge in [-0.25, -0.2) is 4.79 Å². The number of phenols is 1. The molecule has 4 aromatic carbocycles. The van der Waals surface area contributed by atoms with Crippen LogP contribution in [0, 0.1) is 74.9 Å². The van der Waals surface area contributed by atoms with Crippen molar-refractivity contribution >= 4 is 60.0 Å². The fraction of sp³-hybridized carbons (Fsp3) is 0.627. The molecule has 5 spiro atoms. The molecule has 426 valence electrons. The van der Waals surface area contributed by atoms with Crippen LogP contribution in [-0.2, 0) is 26.3 Å². The first-order valence-electron chi connectivity index (χ1n) is 31.2. The number of rotatable bonds is 4. The number of hydrogen-bond donors (Lipinski definition) is 8. The normalized spacial score (nSPS) is 49.1. The number of aromatic nitrogens is 1. The van der Waals surface area contributed by atoms with Crippen molar-refractivity contribution in [1.29, 1.82) is 0 Å². The third-order valence-electron chi connectivity index (χ3n) is 27.2. The number of aliphatic hydroxyl groups excluding tert-OH is 3. The molecule has 81 heavy (non-hydrogen) atoms. The number of aliphatic hydroxyl groups is 5. The van der Waals surface area contributed by atoms with Gasteiger partial charge in [0.05, 0.1) is 35.4 Å². The molecule has 14 heteroatoms. The molecule has 11 fully saturated rings. The number of phenolic OH excluding ortho intramolecular Hbond substituents is 1. The smallest absolute Gasteiger partial charge is 0.343 e. The molecule has 0 amide bonds. The molecule has 5 heterocycles. The van der Waals surface area contributed by atoms with Gasteiger partial charge in [0.2, 0.25) is 5.79 Å². The van der Waals surface area contributed by atoms with E-state index in [0.29, 0.717) is 47.7 Å². The molecular formula is C67H76N2O10S2. The van der Waals surface area contributed by atoms with Gasteiger partial charge in [0.15, 0.2) is 17.5 Å². The van der Waals surface area contributed by atoms with E-state index in [1.807, 2.05) is 59.0 Å². The maximum Gasteiger partial charge on any atom is 0.343 e. The summed E-state index contributed by atoms with van der Waals surface area (Å²) in [5.74, 6) is -0.901. The van der Waals surface area contributed by atoms with Gasteiger partial charge < -0.3 is 55.2 Å². The summed E-state index contributed by atoms with van der Waals surface area (Å²) in [4.78, 5) is 19.5. The number of H-pyrrole nitrogens is 1. The van der Waals surface area contributed by atoms with Crippen molar-refractivity contribution < 1.29 is 49.6 Å². The monoisotopic (exact) mass is 1130 g/mol. The van der Waals surface area contributed by atoms with Crippen molar-refractivity contribution in [3.8, 4) is 11.5 Å². The summed E-state index contributed by atoms with van der Waals surface area (Å²) >= 11 is 0. The van der Waals surface area contributed by atoms with E-state index in [1.54, 1.807) is 0 Å². The third kappa shape index (κ3) is 5.64. The summed E-state index contributed by atoms with van der Waals surface area (Å²) in [6.07, 6.45) is 12.2. The Bertz CT molecular complexity index is 3520. The lowest BCUT2D eigenvalue weighted by atomic mass is 9.37. The standard InChI is InChI=1S/C67H76N2O10S2/c1-68-51-32-81-80-31-46-41-15-10-36-25-39-18-21-63(65(39,53(36)41)47-16-14-40(71)27-43(46)47)56(72)45(51)28-44-48-29-64(61-19-4-8-37(61)12-13-38-9-5-20-62(38,64)23-22-61)60(74)67(76)66(48,75)58(78-57(44)63)55(79-67)59(73)77-54-50(30-70)69-49-17-11-35-24-33-6-2-3-7-34(33)26-42(35)52(49)54/h2-3,6-7,11-14,16-17,24,26-27,36-39,41,44-46,48,51,53,55-58,60,68-72,74-76H,4-5,8-10,15,18-23,25,28-32H2,1H3/t36-,37-,38+,39+,41-,44+,45+,46-,48+,51+,53-,55-,56-,57-,58+,60+,61+,62-,63+,64?,65-,66-,67+/m1/s1. The summed E-state index contributed by atoms with van der Waals surface area (Å²) in [5, 5.41) is 88.7. The van der Waals surface area contributed by atoms with Crippen molar-refractivity contribution in [3.63, 3.8) is 0 Å². The molecule has 8 saturated carbocycles. The lowest BCUT2D eigenvalue weighted by Crippen LogP contribution is -2.83. The van der Waals surface area contributed by atoms with Crippen LogP contribution in [0.1, 0.15) is 119 Å². The van der Waals surface area contributed by atoms with E-state index in [4.69, 9.17) is 14.2 Å². The van der Waals surface area contributed by atoms with Gasteiger partial charge in [0.1, 0.15) is 18.0 Å². The van der Waals surface area contributed by atoms with Gasteiger partial charge in [0.25, 0.3) is 0 Å². The lowest BCUT2D eigenvalue weighted by Gasteiger charge is -2.72. The van der Waals surface area contributed by atoms with Crippen LogP contribution in [0.15, 0.2) is 78.9 Å². The molecule has 12 nitrogen and oxygen atoms in total. The van der Waals surface area contributed by atoms with Crippen molar-refractivity contribution in [1.82, 2.24) is 10.3 Å². The Labute approximate surface area is 480 Å². The van der Waals surface area contributed by atoms with Gasteiger partial charge in [-0.1, -0.05) is 83.0 Å². The van der Waals surface area contributed by atoms with E-state index < -0.39 is 82.6 Å². The first-order valence-corrected chi connectivity index (χ1v) is 33.7. The SMILES string of the molecule is CN[C@H]1CSSC[C@H]2c3cc(O)ccc3[C@@]34[C@@H](CC[C@@]35[C@H](O)[C@H]1C[C@@H]1[C@H]5O[C@H]3[C@H](C(=O)Oc5c(CO)[nH]c6ccc7cc8ccccc8cc7c56)O[C@@]5(O)[C@@H](O)C6(C[C@@H]1[C@@]35O)[C@@]13CCC[C@H]1C=C[C@H]1CCC[C@]16CC3)C[C@H]1CC[C@H]2[C@@H]14. The molecule has 19 rings (SSSR count). The number of hydrogen-bond acceptors (Lipinski definition) is 13. The second-order valence-corrected chi connectivity index (χ2v) is 31.1. The highest BCUT2D eigenvalue weighted by atomic mass is 33.1. The van der Waals surface area contributed by atoms with Crippen LogP contribution >= 0.6 is 21.6 Å². The molecule has 10 aliphatic carbocycles. The number of aromatic amines is 1.